The molecule has 1 aliphatic rings. The van der Waals surface area contributed by atoms with Crippen LogP contribution in [0.2, 0.25) is 0 Å². The molecular formula is C13H19NOS. The van der Waals surface area contributed by atoms with Crippen molar-refractivity contribution >= 4 is 11.8 Å². The summed E-state index contributed by atoms with van der Waals surface area (Å²) in [5.74, 6) is 1.99. The van der Waals surface area contributed by atoms with Crippen LogP contribution in [-0.2, 0) is 5.75 Å². The van der Waals surface area contributed by atoms with E-state index in [-0.39, 0.29) is 6.04 Å². The first-order chi connectivity index (χ1) is 7.63. The van der Waals surface area contributed by atoms with Crippen LogP contribution in [0.3, 0.4) is 0 Å². The van der Waals surface area contributed by atoms with Crippen molar-refractivity contribution in [2.24, 2.45) is 5.73 Å². The van der Waals surface area contributed by atoms with Gasteiger partial charge in [0.2, 0.25) is 0 Å². The van der Waals surface area contributed by atoms with E-state index in [0.717, 1.165) is 17.9 Å². The summed E-state index contributed by atoms with van der Waals surface area (Å²) >= 11 is 1.96. The first-order valence-corrected chi connectivity index (χ1v) is 6.72. The summed E-state index contributed by atoms with van der Waals surface area (Å²) in [4.78, 5) is 0. The first-order valence-electron chi connectivity index (χ1n) is 5.67. The lowest BCUT2D eigenvalue weighted by atomic mass is 9.93. The van der Waals surface area contributed by atoms with Gasteiger partial charge in [-0.25, -0.2) is 0 Å². The van der Waals surface area contributed by atoms with Gasteiger partial charge in [0.1, 0.15) is 5.75 Å². The Morgan fingerprint density at radius 3 is 2.88 bits per heavy atom. The molecule has 0 bridgehead atoms. The van der Waals surface area contributed by atoms with E-state index in [4.69, 9.17) is 10.5 Å². The number of hydrogen-bond acceptors (Lipinski definition) is 3. The van der Waals surface area contributed by atoms with Crippen LogP contribution in [0, 0.1) is 6.92 Å². The van der Waals surface area contributed by atoms with Crippen LogP contribution in [0.5, 0.6) is 5.75 Å². The molecular weight excluding hydrogens is 218 g/mol. The zero-order chi connectivity index (χ0) is 11.7. The number of fused-ring (bicyclic) bond motifs is 1. The van der Waals surface area contributed by atoms with Crippen LogP contribution >= 0.6 is 11.8 Å². The Morgan fingerprint density at radius 1 is 1.44 bits per heavy atom. The minimum absolute atomic E-state index is 0.148. The fourth-order valence-corrected chi connectivity index (χ4v) is 3.48. The van der Waals surface area contributed by atoms with Crippen molar-refractivity contribution in [2.75, 3.05) is 7.11 Å². The lowest BCUT2D eigenvalue weighted by Gasteiger charge is -2.18. The van der Waals surface area contributed by atoms with Crippen LogP contribution in [-0.4, -0.2) is 12.4 Å². The van der Waals surface area contributed by atoms with Gasteiger partial charge in [-0.1, -0.05) is 13.0 Å². The summed E-state index contributed by atoms with van der Waals surface area (Å²) in [6.45, 7) is 4.39. The van der Waals surface area contributed by atoms with E-state index in [9.17, 15) is 0 Å². The third kappa shape index (κ3) is 2.06. The minimum atomic E-state index is 0.148. The van der Waals surface area contributed by atoms with Gasteiger partial charge in [-0.2, -0.15) is 11.8 Å². The zero-order valence-corrected chi connectivity index (χ0v) is 10.9. The average Bonchev–Trinajstić information content (AvgIpc) is 2.39. The lowest BCUT2D eigenvalue weighted by molar-refractivity contribution is 0.410. The van der Waals surface area contributed by atoms with Crippen molar-refractivity contribution in [1.82, 2.24) is 0 Å². The van der Waals surface area contributed by atoms with Crippen molar-refractivity contribution in [3.8, 4) is 5.75 Å². The number of rotatable bonds is 1. The van der Waals surface area contributed by atoms with Gasteiger partial charge in [-0.05, 0) is 30.5 Å². The number of aryl methyl sites for hydroxylation is 1. The maximum atomic E-state index is 6.29. The summed E-state index contributed by atoms with van der Waals surface area (Å²) in [6, 6.07) is 4.31. The predicted molar refractivity (Wildman–Crippen MR) is 70.0 cm³/mol. The quantitative estimate of drug-likeness (QED) is 0.815. The molecule has 2 nitrogen and oxygen atoms in total. The molecule has 2 atom stereocenters. The summed E-state index contributed by atoms with van der Waals surface area (Å²) < 4.78 is 5.44. The van der Waals surface area contributed by atoms with Crippen molar-refractivity contribution in [1.29, 1.82) is 0 Å². The minimum Gasteiger partial charge on any atom is -0.496 e. The fraction of sp³-hybridized carbons (Fsp3) is 0.538. The van der Waals surface area contributed by atoms with E-state index in [2.05, 4.69) is 26.0 Å². The molecule has 1 unspecified atom stereocenters. The molecule has 2 N–H and O–H groups in total. The lowest BCUT2D eigenvalue weighted by Crippen LogP contribution is -2.15. The summed E-state index contributed by atoms with van der Waals surface area (Å²) in [6.07, 6.45) is 1.05. The molecule has 1 aromatic rings. The molecule has 88 valence electrons. The van der Waals surface area contributed by atoms with Crippen LogP contribution in [0.1, 0.15) is 36.1 Å². The molecule has 2 rings (SSSR count). The largest absolute Gasteiger partial charge is 0.496 e. The molecule has 0 fully saturated rings. The average molecular weight is 237 g/mol. The van der Waals surface area contributed by atoms with E-state index < -0.39 is 0 Å². The molecule has 1 heterocycles. The molecule has 1 aromatic carbocycles. The number of hydrogen-bond donors (Lipinski definition) is 1. The Kier molecular flexibility index (Phi) is 3.45. The van der Waals surface area contributed by atoms with Crippen molar-refractivity contribution in [3.05, 3.63) is 28.8 Å². The van der Waals surface area contributed by atoms with Crippen LogP contribution < -0.4 is 10.5 Å². The maximum Gasteiger partial charge on any atom is 0.123 e. The Morgan fingerprint density at radius 2 is 2.19 bits per heavy atom. The van der Waals surface area contributed by atoms with Gasteiger partial charge in [-0.3, -0.25) is 0 Å². The number of thioether (sulfide) groups is 1. The van der Waals surface area contributed by atoms with E-state index in [1.807, 2.05) is 11.8 Å². The third-order valence-electron chi connectivity index (χ3n) is 3.22. The Labute approximate surface area is 102 Å². The Hall–Kier alpha value is -0.670. The highest BCUT2D eigenvalue weighted by molar-refractivity contribution is 7.99. The van der Waals surface area contributed by atoms with Gasteiger partial charge < -0.3 is 10.5 Å². The predicted octanol–water partition coefficient (Wildman–Crippen LogP) is 3.03. The van der Waals surface area contributed by atoms with E-state index >= 15 is 0 Å². The van der Waals surface area contributed by atoms with Crippen molar-refractivity contribution in [2.45, 2.75) is 37.3 Å². The normalized spacial score (nSPS) is 24.8. The molecule has 0 spiro atoms. The highest BCUT2D eigenvalue weighted by Crippen LogP contribution is 2.39. The van der Waals surface area contributed by atoms with Crippen LogP contribution in [0.15, 0.2) is 12.1 Å². The molecule has 0 aliphatic carbocycles. The summed E-state index contributed by atoms with van der Waals surface area (Å²) in [5.41, 5.74) is 10.2. The summed E-state index contributed by atoms with van der Waals surface area (Å²) in [7, 11) is 1.73. The van der Waals surface area contributed by atoms with Crippen molar-refractivity contribution < 1.29 is 4.74 Å². The highest BCUT2D eigenvalue weighted by atomic mass is 32.2. The molecule has 0 radical (unpaired) electrons. The topological polar surface area (TPSA) is 35.2 Å². The molecule has 16 heavy (non-hydrogen) atoms. The molecule has 1 aliphatic heterocycles. The smallest absolute Gasteiger partial charge is 0.123 e. The second-order valence-electron chi connectivity index (χ2n) is 4.44. The Bertz CT molecular complexity index is 392. The van der Waals surface area contributed by atoms with Crippen LogP contribution in [0.4, 0.5) is 0 Å². The monoisotopic (exact) mass is 237 g/mol. The standard InChI is InChI=1S/C13H19NOS/c1-8-4-5-12(15-3)10-7-16-9(2)6-11(14)13(8)10/h4-5,9,11H,6-7,14H2,1-3H3/t9?,11-/m0/s1. The van der Waals surface area contributed by atoms with Gasteiger partial charge >= 0.3 is 0 Å². The third-order valence-corrected chi connectivity index (χ3v) is 4.44. The van der Waals surface area contributed by atoms with Gasteiger partial charge in [-0.15, -0.1) is 0 Å². The molecule has 0 saturated carbocycles. The van der Waals surface area contributed by atoms with Crippen LogP contribution in [0.25, 0.3) is 0 Å². The van der Waals surface area contributed by atoms with E-state index in [1.54, 1.807) is 7.11 Å². The molecule has 0 aromatic heterocycles. The van der Waals surface area contributed by atoms with Crippen molar-refractivity contribution in [3.63, 3.8) is 0 Å². The number of nitrogens with two attached hydrogens (primary N) is 1. The second-order valence-corrected chi connectivity index (χ2v) is 5.87. The Balaban J connectivity index is 2.52. The SMILES string of the molecule is COc1ccc(C)c2c1CSC(C)C[C@@H]2N. The van der Waals surface area contributed by atoms with E-state index in [1.165, 1.54) is 16.7 Å². The van der Waals surface area contributed by atoms with Gasteiger partial charge in [0, 0.05) is 22.6 Å². The molecule has 3 heteroatoms. The number of ether oxygens (including phenoxy) is 1. The summed E-state index contributed by atoms with van der Waals surface area (Å²) in [5, 5.41) is 0.617. The highest BCUT2D eigenvalue weighted by Gasteiger charge is 2.23. The van der Waals surface area contributed by atoms with Gasteiger partial charge in [0.15, 0.2) is 0 Å². The molecule has 0 saturated heterocycles. The number of methoxy groups -OCH3 is 1. The second kappa shape index (κ2) is 4.68. The first kappa shape index (κ1) is 11.8. The molecule has 0 amide bonds. The fourth-order valence-electron chi connectivity index (χ4n) is 2.39. The van der Waals surface area contributed by atoms with Gasteiger partial charge in [0.05, 0.1) is 7.11 Å². The zero-order valence-electron chi connectivity index (χ0n) is 10.1. The van der Waals surface area contributed by atoms with E-state index in [0.29, 0.717) is 5.25 Å². The maximum absolute atomic E-state index is 6.29. The van der Waals surface area contributed by atoms with Gasteiger partial charge in [0.25, 0.3) is 0 Å². The number of benzene rings is 1.